The maximum absolute atomic E-state index is 12.9. The predicted octanol–water partition coefficient (Wildman–Crippen LogP) is 2.17. The van der Waals surface area contributed by atoms with Crippen molar-refractivity contribution in [1.82, 2.24) is 15.2 Å². The van der Waals surface area contributed by atoms with Crippen LogP contribution in [0.25, 0.3) is 0 Å². The van der Waals surface area contributed by atoms with Gasteiger partial charge in [0.2, 0.25) is 5.91 Å². The van der Waals surface area contributed by atoms with Gasteiger partial charge in [0.15, 0.2) is 0 Å². The van der Waals surface area contributed by atoms with Gasteiger partial charge in [-0.15, -0.1) is 0 Å². The number of nitrogens with one attached hydrogen (secondary N) is 1. The van der Waals surface area contributed by atoms with Crippen LogP contribution >= 0.6 is 0 Å². The number of nitrogens with zero attached hydrogens (tertiary/aromatic N) is 2. The molecule has 3 atom stereocenters. The summed E-state index contributed by atoms with van der Waals surface area (Å²) in [6.07, 6.45) is 3.20. The minimum absolute atomic E-state index is 0.0776. The number of aliphatic hydroxyl groups is 1. The van der Waals surface area contributed by atoms with Crippen molar-refractivity contribution in [3.8, 4) is 0 Å². The smallest absolute Gasteiger partial charge is 0.244 e. The Balaban J connectivity index is 1.67. The van der Waals surface area contributed by atoms with Crippen LogP contribution in [0, 0.1) is 12.3 Å². The van der Waals surface area contributed by atoms with Gasteiger partial charge in [0, 0.05) is 6.20 Å². The molecule has 0 bridgehead atoms. The van der Waals surface area contributed by atoms with Gasteiger partial charge in [-0.3, -0.25) is 15.1 Å². The molecule has 2 heterocycles. The minimum atomic E-state index is -0.835. The number of benzene rings is 1. The molecule has 1 aliphatic rings. The normalized spacial score (nSPS) is 21.4. The molecule has 1 amide bonds. The second kappa shape index (κ2) is 8.43. The summed E-state index contributed by atoms with van der Waals surface area (Å²) in [5, 5.41) is 13.9. The van der Waals surface area contributed by atoms with Crippen LogP contribution in [0.3, 0.4) is 0 Å². The molecule has 0 saturated carbocycles. The van der Waals surface area contributed by atoms with Crippen LogP contribution in [0.2, 0.25) is 0 Å². The van der Waals surface area contributed by atoms with Crippen molar-refractivity contribution in [2.75, 3.05) is 0 Å². The summed E-state index contributed by atoms with van der Waals surface area (Å²) in [6.45, 7) is 4.58. The first-order valence-electron chi connectivity index (χ1n) is 9.08. The Bertz CT molecular complexity index is 706. The fraction of sp³-hybridized carbons (Fsp3) is 0.381. The first kappa shape index (κ1) is 18.5. The first-order valence-corrected chi connectivity index (χ1v) is 9.08. The SMILES string of the molecule is CC(C)C1N[C@@H]([C@H](O)[CH]Cc2ccccc2)C(=O)N1Cc1ccccn1. The molecule has 3 rings (SSSR count). The van der Waals surface area contributed by atoms with Gasteiger partial charge in [-0.05, 0) is 36.5 Å². The maximum atomic E-state index is 12.9. The molecule has 2 aromatic rings. The maximum Gasteiger partial charge on any atom is 0.244 e. The number of carbonyl (C=O) groups is 1. The summed E-state index contributed by atoms with van der Waals surface area (Å²) in [7, 11) is 0. The van der Waals surface area contributed by atoms with E-state index in [2.05, 4.69) is 24.1 Å². The summed E-state index contributed by atoms with van der Waals surface area (Å²) >= 11 is 0. The van der Waals surface area contributed by atoms with E-state index in [1.807, 2.05) is 48.5 Å². The highest BCUT2D eigenvalue weighted by atomic mass is 16.3. The van der Waals surface area contributed by atoms with Crippen molar-refractivity contribution in [2.45, 2.75) is 45.1 Å². The molecule has 1 aromatic heterocycles. The van der Waals surface area contributed by atoms with Crippen molar-refractivity contribution in [1.29, 1.82) is 0 Å². The molecule has 1 aromatic carbocycles. The van der Waals surface area contributed by atoms with E-state index >= 15 is 0 Å². The number of pyridine rings is 1. The lowest BCUT2D eigenvalue weighted by Gasteiger charge is -2.26. The molecule has 1 fully saturated rings. The topological polar surface area (TPSA) is 65.5 Å². The fourth-order valence-electron chi connectivity index (χ4n) is 3.31. The average molecular weight is 352 g/mol. The number of hydrogen-bond donors (Lipinski definition) is 2. The molecule has 1 saturated heterocycles. The molecule has 0 aliphatic carbocycles. The van der Waals surface area contributed by atoms with Crippen molar-refractivity contribution in [3.05, 3.63) is 72.4 Å². The summed E-state index contributed by atoms with van der Waals surface area (Å²) in [6, 6.07) is 15.0. The van der Waals surface area contributed by atoms with E-state index in [0.717, 1.165) is 11.3 Å². The molecule has 1 unspecified atom stereocenters. The standard InChI is InChI=1S/C21H26N3O2/c1-15(2)20-23-19(18(25)12-11-16-8-4-3-5-9-16)21(26)24(20)14-17-10-6-7-13-22-17/h3-10,12-13,15,18-20,23,25H,11,14H2,1-2H3/t18-,19+,20?/m1/s1. The minimum Gasteiger partial charge on any atom is -0.391 e. The van der Waals surface area contributed by atoms with Crippen LogP contribution in [-0.2, 0) is 17.8 Å². The monoisotopic (exact) mass is 352 g/mol. The molecule has 1 aliphatic heterocycles. The van der Waals surface area contributed by atoms with E-state index < -0.39 is 12.1 Å². The largest absolute Gasteiger partial charge is 0.391 e. The van der Waals surface area contributed by atoms with Gasteiger partial charge in [0.1, 0.15) is 6.04 Å². The first-order chi connectivity index (χ1) is 12.6. The third-order valence-corrected chi connectivity index (χ3v) is 4.70. The summed E-state index contributed by atoms with van der Waals surface area (Å²) < 4.78 is 0. The predicted molar refractivity (Wildman–Crippen MR) is 101 cm³/mol. The molecular weight excluding hydrogens is 326 g/mol. The summed E-state index contributed by atoms with van der Waals surface area (Å²) in [4.78, 5) is 19.0. The van der Waals surface area contributed by atoms with Gasteiger partial charge >= 0.3 is 0 Å². The lowest BCUT2D eigenvalue weighted by atomic mass is 10.0. The van der Waals surface area contributed by atoms with Gasteiger partial charge in [0.25, 0.3) is 0 Å². The molecule has 2 N–H and O–H groups in total. The summed E-state index contributed by atoms with van der Waals surface area (Å²) in [5.74, 6) is 0.153. The van der Waals surface area contributed by atoms with Crippen molar-refractivity contribution >= 4 is 5.91 Å². The lowest BCUT2D eigenvalue weighted by Crippen LogP contribution is -2.43. The molecule has 5 heteroatoms. The molecule has 137 valence electrons. The van der Waals surface area contributed by atoms with Gasteiger partial charge in [-0.25, -0.2) is 0 Å². The van der Waals surface area contributed by atoms with Gasteiger partial charge in [0.05, 0.1) is 24.5 Å². The average Bonchev–Trinajstić information content (AvgIpc) is 2.98. The van der Waals surface area contributed by atoms with Gasteiger partial charge in [-0.2, -0.15) is 0 Å². The van der Waals surface area contributed by atoms with Crippen LogP contribution in [-0.4, -0.2) is 39.2 Å². The Morgan fingerprint density at radius 3 is 2.58 bits per heavy atom. The zero-order valence-corrected chi connectivity index (χ0v) is 15.2. The highest BCUT2D eigenvalue weighted by Gasteiger charge is 2.43. The van der Waals surface area contributed by atoms with E-state index in [0.29, 0.717) is 13.0 Å². The Hall–Kier alpha value is -2.24. The van der Waals surface area contributed by atoms with E-state index in [1.165, 1.54) is 0 Å². The molecule has 26 heavy (non-hydrogen) atoms. The number of amides is 1. The van der Waals surface area contributed by atoms with E-state index in [-0.39, 0.29) is 18.0 Å². The van der Waals surface area contributed by atoms with Crippen LogP contribution < -0.4 is 5.32 Å². The van der Waals surface area contributed by atoms with Crippen LogP contribution in [0.4, 0.5) is 0 Å². The lowest BCUT2D eigenvalue weighted by molar-refractivity contribution is -0.132. The fourth-order valence-corrected chi connectivity index (χ4v) is 3.31. The second-order valence-electron chi connectivity index (χ2n) is 7.04. The second-order valence-corrected chi connectivity index (χ2v) is 7.04. The Labute approximate surface area is 155 Å². The molecular formula is C21H26N3O2. The molecule has 5 nitrogen and oxygen atoms in total. The number of hydrogen-bond acceptors (Lipinski definition) is 4. The zero-order chi connectivity index (χ0) is 18.5. The van der Waals surface area contributed by atoms with Crippen LogP contribution in [0.1, 0.15) is 25.1 Å². The van der Waals surface area contributed by atoms with Crippen LogP contribution in [0.5, 0.6) is 0 Å². The number of carbonyl (C=O) groups excluding carboxylic acids is 1. The summed E-state index contributed by atoms with van der Waals surface area (Å²) in [5.41, 5.74) is 1.96. The van der Waals surface area contributed by atoms with Crippen molar-refractivity contribution in [3.63, 3.8) is 0 Å². The van der Waals surface area contributed by atoms with Crippen molar-refractivity contribution < 1.29 is 9.90 Å². The quantitative estimate of drug-likeness (QED) is 0.802. The Kier molecular flexibility index (Phi) is 6.01. The number of rotatable bonds is 7. The van der Waals surface area contributed by atoms with E-state index in [9.17, 15) is 9.90 Å². The van der Waals surface area contributed by atoms with Crippen LogP contribution in [0.15, 0.2) is 54.7 Å². The Morgan fingerprint density at radius 2 is 1.92 bits per heavy atom. The number of aliphatic hydroxyl groups excluding tert-OH is 1. The zero-order valence-electron chi connectivity index (χ0n) is 15.2. The highest BCUT2D eigenvalue weighted by molar-refractivity contribution is 5.85. The third-order valence-electron chi connectivity index (χ3n) is 4.70. The van der Waals surface area contributed by atoms with Crippen molar-refractivity contribution in [2.24, 2.45) is 5.92 Å². The Morgan fingerprint density at radius 1 is 1.19 bits per heavy atom. The van der Waals surface area contributed by atoms with E-state index in [4.69, 9.17) is 0 Å². The van der Waals surface area contributed by atoms with E-state index in [1.54, 1.807) is 17.5 Å². The molecule has 0 spiro atoms. The third kappa shape index (κ3) is 4.29. The number of aromatic nitrogens is 1. The molecule has 1 radical (unpaired) electrons. The van der Waals surface area contributed by atoms with Gasteiger partial charge < -0.3 is 10.0 Å². The van der Waals surface area contributed by atoms with Gasteiger partial charge in [-0.1, -0.05) is 50.2 Å². The highest BCUT2D eigenvalue weighted by Crippen LogP contribution is 2.22.